The van der Waals surface area contributed by atoms with Crippen LogP contribution >= 0.6 is 34.7 Å². The second kappa shape index (κ2) is 3.00. The largest absolute Gasteiger partial charge is 0.106 e. The molecule has 0 aromatic rings. The van der Waals surface area contributed by atoms with Crippen molar-refractivity contribution in [2.45, 2.75) is 6.92 Å². The third-order valence-corrected chi connectivity index (χ3v) is 1.83. The van der Waals surface area contributed by atoms with E-state index >= 15 is 0 Å². The standard InChI is InChI=1S/C2H4S3/c1-2(3)5-4/h4H,1H3. The molecule has 0 amide bonds. The average Bonchev–Trinajstić information content (AvgIpc) is 1.38. The lowest BCUT2D eigenvalue weighted by atomic mass is 11.0. The Bertz CT molecular complexity index is 40.2. The Labute approximate surface area is 46.1 Å². The van der Waals surface area contributed by atoms with Crippen LogP contribution in [0.5, 0.6) is 0 Å². The Morgan fingerprint density at radius 2 is 2.20 bits per heavy atom. The molecule has 0 aliphatic carbocycles. The van der Waals surface area contributed by atoms with Gasteiger partial charge in [0.2, 0.25) is 0 Å². The van der Waals surface area contributed by atoms with Crippen molar-refractivity contribution in [1.82, 2.24) is 0 Å². The molecule has 0 nitrogen and oxygen atoms in total. The van der Waals surface area contributed by atoms with Gasteiger partial charge in [-0.25, -0.2) is 0 Å². The molecule has 0 radical (unpaired) electrons. The van der Waals surface area contributed by atoms with E-state index in [0.717, 1.165) is 4.20 Å². The first-order valence-electron chi connectivity index (χ1n) is 1.09. The van der Waals surface area contributed by atoms with Crippen molar-refractivity contribution in [2.75, 3.05) is 0 Å². The molecular weight excluding hydrogens is 120 g/mol. The van der Waals surface area contributed by atoms with Gasteiger partial charge in [-0.1, -0.05) is 23.0 Å². The Balaban J connectivity index is 2.85. The molecule has 0 aliphatic heterocycles. The normalized spacial score (nSPS) is 7.60. The van der Waals surface area contributed by atoms with Gasteiger partial charge in [-0.15, -0.1) is 11.7 Å². The van der Waals surface area contributed by atoms with Gasteiger partial charge in [-0.05, 0) is 6.92 Å². The summed E-state index contributed by atoms with van der Waals surface area (Å²) in [5, 5.41) is 0. The van der Waals surface area contributed by atoms with Crippen molar-refractivity contribution in [2.24, 2.45) is 0 Å². The quantitative estimate of drug-likeness (QED) is 0.297. The third kappa shape index (κ3) is 4.79. The van der Waals surface area contributed by atoms with Gasteiger partial charge in [0.15, 0.2) is 0 Å². The lowest BCUT2D eigenvalue weighted by Crippen LogP contribution is -1.62. The SMILES string of the molecule is CC(=S)SS. The summed E-state index contributed by atoms with van der Waals surface area (Å²) in [6, 6.07) is 0. The molecule has 5 heavy (non-hydrogen) atoms. The molecule has 0 aliphatic rings. The topological polar surface area (TPSA) is 0 Å². The molecule has 0 atom stereocenters. The monoisotopic (exact) mass is 124 g/mol. The lowest BCUT2D eigenvalue weighted by molar-refractivity contribution is 2.12. The minimum Gasteiger partial charge on any atom is -0.106 e. The molecule has 0 fully saturated rings. The molecular formula is C2H4S3. The number of thiol groups is 1. The highest BCUT2D eigenvalue weighted by atomic mass is 33.1. The van der Waals surface area contributed by atoms with Crippen molar-refractivity contribution < 1.29 is 0 Å². The Morgan fingerprint density at radius 3 is 2.20 bits per heavy atom. The van der Waals surface area contributed by atoms with Crippen LogP contribution in [0.2, 0.25) is 0 Å². The summed E-state index contributed by atoms with van der Waals surface area (Å²) in [5.74, 6) is 0. The zero-order valence-corrected chi connectivity index (χ0v) is 5.29. The summed E-state index contributed by atoms with van der Waals surface area (Å²) in [7, 11) is 1.31. The molecule has 0 bridgehead atoms. The van der Waals surface area contributed by atoms with E-state index in [-0.39, 0.29) is 0 Å². The van der Waals surface area contributed by atoms with Gasteiger partial charge in [-0.3, -0.25) is 0 Å². The highest BCUT2D eigenvalue weighted by Gasteiger charge is 1.72. The predicted octanol–water partition coefficient (Wildman–Crippen LogP) is 1.91. The van der Waals surface area contributed by atoms with Gasteiger partial charge in [-0.2, -0.15) is 0 Å². The van der Waals surface area contributed by atoms with Gasteiger partial charge in [0.05, 0.1) is 4.20 Å². The van der Waals surface area contributed by atoms with E-state index in [0.29, 0.717) is 0 Å². The van der Waals surface area contributed by atoms with Crippen molar-refractivity contribution in [3.63, 3.8) is 0 Å². The number of hydrogen-bond acceptors (Lipinski definition) is 3. The smallest absolute Gasteiger partial charge is 0.0553 e. The summed E-state index contributed by atoms with van der Waals surface area (Å²) in [5.41, 5.74) is 0. The third-order valence-electron chi connectivity index (χ3n) is 0.129. The first kappa shape index (κ1) is 5.79. The van der Waals surface area contributed by atoms with Crippen LogP contribution in [-0.2, 0) is 0 Å². The maximum atomic E-state index is 4.58. The minimum absolute atomic E-state index is 0.869. The number of rotatable bonds is 0. The Kier molecular flexibility index (Phi) is 3.47. The molecule has 0 N–H and O–H groups in total. The van der Waals surface area contributed by atoms with E-state index in [1.165, 1.54) is 10.8 Å². The van der Waals surface area contributed by atoms with Gasteiger partial charge in [0.1, 0.15) is 0 Å². The second-order valence-corrected chi connectivity index (χ2v) is 2.80. The van der Waals surface area contributed by atoms with E-state index in [1.807, 2.05) is 6.92 Å². The maximum absolute atomic E-state index is 4.58. The van der Waals surface area contributed by atoms with E-state index in [4.69, 9.17) is 0 Å². The highest BCUT2D eigenvalue weighted by Crippen LogP contribution is 2.05. The van der Waals surface area contributed by atoms with Gasteiger partial charge < -0.3 is 0 Å². The van der Waals surface area contributed by atoms with E-state index < -0.39 is 0 Å². The Hall–Kier alpha value is 0.790. The molecule has 0 unspecified atom stereocenters. The molecule has 0 heterocycles. The summed E-state index contributed by atoms with van der Waals surface area (Å²) in [6.45, 7) is 1.84. The summed E-state index contributed by atoms with van der Waals surface area (Å²) in [6.07, 6.45) is 0. The molecule has 3 heteroatoms. The van der Waals surface area contributed by atoms with Crippen LogP contribution in [0.25, 0.3) is 0 Å². The predicted molar refractivity (Wildman–Crippen MR) is 34.8 cm³/mol. The first-order chi connectivity index (χ1) is 2.27. The summed E-state index contributed by atoms with van der Waals surface area (Å²) in [4.78, 5) is 0. The average molecular weight is 124 g/mol. The summed E-state index contributed by atoms with van der Waals surface area (Å²) >= 11 is 8.37. The molecule has 0 aromatic heterocycles. The van der Waals surface area contributed by atoms with Crippen LogP contribution < -0.4 is 0 Å². The number of hydrogen-bond donors (Lipinski definition) is 1. The van der Waals surface area contributed by atoms with Crippen LogP contribution in [0.3, 0.4) is 0 Å². The van der Waals surface area contributed by atoms with Crippen molar-refractivity contribution in [3.05, 3.63) is 0 Å². The van der Waals surface area contributed by atoms with Gasteiger partial charge in [0.25, 0.3) is 0 Å². The second-order valence-electron chi connectivity index (χ2n) is 0.583. The number of thiocarbonyl (C=S) groups is 1. The van der Waals surface area contributed by atoms with Crippen LogP contribution in [-0.4, -0.2) is 4.20 Å². The van der Waals surface area contributed by atoms with E-state index in [9.17, 15) is 0 Å². The maximum Gasteiger partial charge on any atom is 0.0553 e. The molecule has 0 rings (SSSR count). The lowest BCUT2D eigenvalue weighted by Gasteiger charge is -1.75. The fourth-order valence-electron chi connectivity index (χ4n) is 0. The van der Waals surface area contributed by atoms with E-state index in [1.54, 1.807) is 0 Å². The van der Waals surface area contributed by atoms with Crippen LogP contribution in [0.15, 0.2) is 0 Å². The van der Waals surface area contributed by atoms with Crippen molar-refractivity contribution in [3.8, 4) is 0 Å². The minimum atomic E-state index is 0.869. The van der Waals surface area contributed by atoms with Gasteiger partial charge in [0, 0.05) is 0 Å². The molecule has 0 saturated heterocycles. The van der Waals surface area contributed by atoms with Gasteiger partial charge >= 0.3 is 0 Å². The van der Waals surface area contributed by atoms with Crippen LogP contribution in [0, 0.1) is 0 Å². The van der Waals surface area contributed by atoms with Crippen molar-refractivity contribution >= 4 is 38.9 Å². The zero-order chi connectivity index (χ0) is 4.28. The van der Waals surface area contributed by atoms with Crippen molar-refractivity contribution in [1.29, 1.82) is 0 Å². The van der Waals surface area contributed by atoms with Crippen LogP contribution in [0.4, 0.5) is 0 Å². The fraction of sp³-hybridized carbons (Fsp3) is 0.500. The zero-order valence-electron chi connectivity index (χ0n) is 2.76. The molecule has 0 spiro atoms. The molecule has 0 aromatic carbocycles. The first-order valence-corrected chi connectivity index (χ1v) is 3.37. The fourth-order valence-corrected chi connectivity index (χ4v) is 0. The molecule has 0 saturated carbocycles. The van der Waals surface area contributed by atoms with Crippen LogP contribution in [0.1, 0.15) is 6.92 Å². The summed E-state index contributed by atoms with van der Waals surface area (Å²) < 4.78 is 0.869. The Morgan fingerprint density at radius 1 is 2.00 bits per heavy atom. The molecule has 30 valence electrons. The highest BCUT2D eigenvalue weighted by molar-refractivity contribution is 8.76. The van der Waals surface area contributed by atoms with E-state index in [2.05, 4.69) is 23.9 Å².